The molecule has 1 aliphatic rings. The van der Waals surface area contributed by atoms with Crippen LogP contribution in [0.4, 0.5) is 0 Å². The molecule has 1 aromatic carbocycles. The van der Waals surface area contributed by atoms with Crippen molar-refractivity contribution in [3.8, 4) is 0 Å². The number of carbonyl (C=O) groups is 2. The molecule has 0 aromatic heterocycles. The summed E-state index contributed by atoms with van der Waals surface area (Å²) in [5, 5.41) is 8.89. The molecule has 0 saturated carbocycles. The Morgan fingerprint density at radius 1 is 1.19 bits per heavy atom. The van der Waals surface area contributed by atoms with Gasteiger partial charge in [0.15, 0.2) is 0 Å². The van der Waals surface area contributed by atoms with E-state index in [-0.39, 0.29) is 23.8 Å². The number of carbonyl (C=O) groups excluding carboxylic acids is 2. The Labute approximate surface area is 125 Å². The molecule has 0 spiro atoms. The predicted octanol–water partition coefficient (Wildman–Crippen LogP) is 0.589. The van der Waals surface area contributed by atoms with Crippen LogP contribution in [0.25, 0.3) is 0 Å². The van der Waals surface area contributed by atoms with Crippen LogP contribution in [-0.2, 0) is 22.6 Å². The Hall–Kier alpha value is -1.88. The minimum Gasteiger partial charge on any atom is -0.354 e. The smallest absolute Gasteiger partial charge is 0.237 e. The lowest BCUT2D eigenvalue weighted by molar-refractivity contribution is -0.125. The summed E-state index contributed by atoms with van der Waals surface area (Å²) in [5.74, 6) is -0.0329. The van der Waals surface area contributed by atoms with E-state index in [0.29, 0.717) is 19.5 Å². The minimum atomic E-state index is -0.194. The van der Waals surface area contributed by atoms with Gasteiger partial charge in [0.2, 0.25) is 11.8 Å². The molecule has 1 aliphatic heterocycles. The number of amides is 2. The zero-order valence-electron chi connectivity index (χ0n) is 12.6. The van der Waals surface area contributed by atoms with Crippen LogP contribution in [0.3, 0.4) is 0 Å². The highest BCUT2D eigenvalue weighted by Gasteiger charge is 2.23. The van der Waals surface area contributed by atoms with Crippen LogP contribution in [0.2, 0.25) is 0 Å². The quantitative estimate of drug-likeness (QED) is 0.695. The molecule has 5 nitrogen and oxygen atoms in total. The maximum atomic E-state index is 12.1. The van der Waals surface area contributed by atoms with Crippen LogP contribution in [0, 0.1) is 5.92 Å². The molecule has 0 bridgehead atoms. The van der Waals surface area contributed by atoms with Gasteiger partial charge in [-0.15, -0.1) is 0 Å². The van der Waals surface area contributed by atoms with E-state index in [1.807, 2.05) is 26.0 Å². The fraction of sp³-hybridized carbons (Fsp3) is 0.500. The van der Waals surface area contributed by atoms with E-state index in [9.17, 15) is 9.59 Å². The molecule has 1 heterocycles. The fourth-order valence-corrected chi connectivity index (χ4v) is 2.34. The first kappa shape index (κ1) is 15.5. The van der Waals surface area contributed by atoms with Gasteiger partial charge in [-0.2, -0.15) is 0 Å². The molecule has 2 amide bonds. The number of fused-ring (bicyclic) bond motifs is 1. The Bertz CT molecular complexity index is 514. The zero-order valence-corrected chi connectivity index (χ0v) is 12.6. The molecule has 114 valence electrons. The molecule has 0 unspecified atom stereocenters. The maximum Gasteiger partial charge on any atom is 0.237 e. The molecule has 5 heteroatoms. The van der Waals surface area contributed by atoms with Crippen LogP contribution in [0.5, 0.6) is 0 Å². The van der Waals surface area contributed by atoms with Crippen molar-refractivity contribution in [2.24, 2.45) is 5.92 Å². The second-order valence-electron chi connectivity index (χ2n) is 5.64. The standard InChI is InChI=1S/C16H23N3O2/c1-11(2)15(20)17-7-8-18-16(21)14-9-12-5-3-4-6-13(12)10-19-14/h3-6,11,14,19H,7-10H2,1-2H3,(H,17,20)(H,18,21)/t14-/m0/s1. The van der Waals surface area contributed by atoms with E-state index in [2.05, 4.69) is 28.1 Å². The second kappa shape index (κ2) is 7.22. The summed E-state index contributed by atoms with van der Waals surface area (Å²) in [6.45, 7) is 5.33. The van der Waals surface area contributed by atoms with Gasteiger partial charge in [0.1, 0.15) is 0 Å². The summed E-state index contributed by atoms with van der Waals surface area (Å²) in [6, 6.07) is 7.97. The third kappa shape index (κ3) is 4.29. The van der Waals surface area contributed by atoms with Crippen molar-refractivity contribution >= 4 is 11.8 Å². The molecule has 1 aromatic rings. The summed E-state index contributed by atoms with van der Waals surface area (Å²) in [4.78, 5) is 23.5. The Morgan fingerprint density at radius 2 is 1.86 bits per heavy atom. The van der Waals surface area contributed by atoms with Crippen molar-refractivity contribution in [3.63, 3.8) is 0 Å². The first-order valence-corrected chi connectivity index (χ1v) is 7.43. The molecule has 0 aliphatic carbocycles. The first-order valence-electron chi connectivity index (χ1n) is 7.43. The van der Waals surface area contributed by atoms with E-state index in [4.69, 9.17) is 0 Å². The van der Waals surface area contributed by atoms with Gasteiger partial charge < -0.3 is 16.0 Å². The Kier molecular flexibility index (Phi) is 5.33. The van der Waals surface area contributed by atoms with Crippen LogP contribution in [0.1, 0.15) is 25.0 Å². The molecule has 0 saturated heterocycles. The Morgan fingerprint density at radius 3 is 2.57 bits per heavy atom. The third-order valence-corrected chi connectivity index (χ3v) is 3.65. The monoisotopic (exact) mass is 289 g/mol. The third-order valence-electron chi connectivity index (χ3n) is 3.65. The molecule has 1 atom stereocenters. The lowest BCUT2D eigenvalue weighted by Crippen LogP contribution is -2.49. The van der Waals surface area contributed by atoms with Gasteiger partial charge >= 0.3 is 0 Å². The number of nitrogens with one attached hydrogen (secondary N) is 3. The van der Waals surface area contributed by atoms with Crippen molar-refractivity contribution in [1.29, 1.82) is 0 Å². The molecule has 3 N–H and O–H groups in total. The van der Waals surface area contributed by atoms with Crippen molar-refractivity contribution < 1.29 is 9.59 Å². The summed E-state index contributed by atoms with van der Waals surface area (Å²) < 4.78 is 0. The van der Waals surface area contributed by atoms with Crippen molar-refractivity contribution in [2.75, 3.05) is 13.1 Å². The predicted molar refractivity (Wildman–Crippen MR) is 81.6 cm³/mol. The topological polar surface area (TPSA) is 70.2 Å². The molecular formula is C16H23N3O2. The zero-order chi connectivity index (χ0) is 15.2. The lowest BCUT2D eigenvalue weighted by Gasteiger charge is -2.25. The van der Waals surface area contributed by atoms with Gasteiger partial charge in [0.05, 0.1) is 6.04 Å². The number of rotatable bonds is 5. The van der Waals surface area contributed by atoms with Crippen molar-refractivity contribution in [2.45, 2.75) is 32.9 Å². The van der Waals surface area contributed by atoms with Crippen molar-refractivity contribution in [3.05, 3.63) is 35.4 Å². The van der Waals surface area contributed by atoms with Gasteiger partial charge in [0.25, 0.3) is 0 Å². The van der Waals surface area contributed by atoms with Crippen molar-refractivity contribution in [1.82, 2.24) is 16.0 Å². The van der Waals surface area contributed by atoms with Gasteiger partial charge in [-0.25, -0.2) is 0 Å². The highest BCUT2D eigenvalue weighted by Crippen LogP contribution is 2.16. The average Bonchev–Trinajstić information content (AvgIpc) is 2.50. The van der Waals surface area contributed by atoms with E-state index in [0.717, 1.165) is 6.54 Å². The molecule has 0 fully saturated rings. The van der Waals surface area contributed by atoms with Gasteiger partial charge in [0, 0.05) is 25.6 Å². The number of hydrogen-bond donors (Lipinski definition) is 3. The Balaban J connectivity index is 1.74. The van der Waals surface area contributed by atoms with Crippen LogP contribution in [0.15, 0.2) is 24.3 Å². The summed E-state index contributed by atoms with van der Waals surface area (Å²) in [6.07, 6.45) is 0.709. The number of hydrogen-bond acceptors (Lipinski definition) is 3. The summed E-state index contributed by atoms with van der Waals surface area (Å²) >= 11 is 0. The molecular weight excluding hydrogens is 266 g/mol. The van der Waals surface area contributed by atoms with E-state index >= 15 is 0 Å². The van der Waals surface area contributed by atoms with E-state index in [1.165, 1.54) is 11.1 Å². The average molecular weight is 289 g/mol. The molecule has 21 heavy (non-hydrogen) atoms. The second-order valence-corrected chi connectivity index (χ2v) is 5.64. The normalized spacial score (nSPS) is 17.2. The molecule has 0 radical (unpaired) electrons. The first-order chi connectivity index (χ1) is 10.1. The SMILES string of the molecule is CC(C)C(=O)NCCNC(=O)[C@@H]1Cc2ccccc2CN1. The van der Waals surface area contributed by atoms with Crippen LogP contribution < -0.4 is 16.0 Å². The lowest BCUT2D eigenvalue weighted by atomic mass is 9.95. The van der Waals surface area contributed by atoms with E-state index in [1.54, 1.807) is 0 Å². The van der Waals surface area contributed by atoms with Gasteiger partial charge in [-0.1, -0.05) is 38.1 Å². The highest BCUT2D eigenvalue weighted by molar-refractivity contribution is 5.82. The van der Waals surface area contributed by atoms with Gasteiger partial charge in [-0.05, 0) is 17.5 Å². The van der Waals surface area contributed by atoms with E-state index < -0.39 is 0 Å². The fourth-order valence-electron chi connectivity index (χ4n) is 2.34. The van der Waals surface area contributed by atoms with Crippen LogP contribution >= 0.6 is 0 Å². The van der Waals surface area contributed by atoms with Crippen LogP contribution in [-0.4, -0.2) is 30.9 Å². The number of benzene rings is 1. The maximum absolute atomic E-state index is 12.1. The summed E-state index contributed by atoms with van der Waals surface area (Å²) in [5.41, 5.74) is 2.48. The minimum absolute atomic E-state index is 0.00830. The van der Waals surface area contributed by atoms with Gasteiger partial charge in [-0.3, -0.25) is 9.59 Å². The molecule has 2 rings (SSSR count). The highest BCUT2D eigenvalue weighted by atomic mass is 16.2. The summed E-state index contributed by atoms with van der Waals surface area (Å²) in [7, 11) is 0. The largest absolute Gasteiger partial charge is 0.354 e.